The Morgan fingerprint density at radius 3 is 2.30 bits per heavy atom. The standard InChI is InChI=1S/C19H31N/c1-4-5-17-8-10-19(11-9-17)20-14-12-18(13-15-20)7-6-16(2)3/h8-11,16,18H,4-7,12-15H2,1-3H3. The summed E-state index contributed by atoms with van der Waals surface area (Å²) in [5, 5.41) is 0. The van der Waals surface area contributed by atoms with Crippen LogP contribution >= 0.6 is 0 Å². The Morgan fingerprint density at radius 1 is 1.10 bits per heavy atom. The van der Waals surface area contributed by atoms with Crippen LogP contribution in [0.3, 0.4) is 0 Å². The van der Waals surface area contributed by atoms with Gasteiger partial charge in [0.05, 0.1) is 0 Å². The van der Waals surface area contributed by atoms with Crippen LogP contribution in [0, 0.1) is 11.8 Å². The Kier molecular flexibility index (Phi) is 5.94. The minimum absolute atomic E-state index is 0.860. The Balaban J connectivity index is 1.81. The van der Waals surface area contributed by atoms with E-state index in [4.69, 9.17) is 0 Å². The fourth-order valence-electron chi connectivity index (χ4n) is 3.21. The number of rotatable bonds is 6. The quantitative estimate of drug-likeness (QED) is 0.680. The Bertz CT molecular complexity index is 371. The lowest BCUT2D eigenvalue weighted by Gasteiger charge is -2.34. The molecule has 1 saturated heterocycles. The minimum atomic E-state index is 0.860. The number of piperidine rings is 1. The summed E-state index contributed by atoms with van der Waals surface area (Å²) in [7, 11) is 0. The van der Waals surface area contributed by atoms with Gasteiger partial charge in [-0.1, -0.05) is 52.2 Å². The highest BCUT2D eigenvalue weighted by molar-refractivity contribution is 5.48. The zero-order valence-corrected chi connectivity index (χ0v) is 13.6. The third-order valence-corrected chi connectivity index (χ3v) is 4.61. The van der Waals surface area contributed by atoms with Crippen LogP contribution in [0.4, 0.5) is 5.69 Å². The molecule has 1 aromatic carbocycles. The molecule has 1 aliphatic heterocycles. The summed E-state index contributed by atoms with van der Waals surface area (Å²) in [4.78, 5) is 2.57. The molecule has 0 atom stereocenters. The van der Waals surface area contributed by atoms with E-state index in [1.165, 1.54) is 62.9 Å². The van der Waals surface area contributed by atoms with Crippen molar-refractivity contribution in [2.75, 3.05) is 18.0 Å². The summed E-state index contributed by atoms with van der Waals surface area (Å²) in [6, 6.07) is 9.26. The lowest BCUT2D eigenvalue weighted by molar-refractivity contribution is 0.351. The predicted octanol–water partition coefficient (Wildman–Crippen LogP) is 5.29. The average Bonchev–Trinajstić information content (AvgIpc) is 2.47. The molecule has 1 nitrogen and oxygen atoms in total. The second-order valence-corrected chi connectivity index (χ2v) is 6.82. The number of anilines is 1. The van der Waals surface area contributed by atoms with E-state index < -0.39 is 0 Å². The van der Waals surface area contributed by atoms with E-state index >= 15 is 0 Å². The summed E-state index contributed by atoms with van der Waals surface area (Å²) < 4.78 is 0. The zero-order chi connectivity index (χ0) is 14.4. The van der Waals surface area contributed by atoms with Crippen molar-refractivity contribution in [2.45, 2.75) is 59.3 Å². The van der Waals surface area contributed by atoms with Crippen molar-refractivity contribution in [3.05, 3.63) is 29.8 Å². The molecule has 0 bridgehead atoms. The van der Waals surface area contributed by atoms with E-state index in [-0.39, 0.29) is 0 Å². The van der Waals surface area contributed by atoms with Crippen molar-refractivity contribution in [1.29, 1.82) is 0 Å². The average molecular weight is 273 g/mol. The van der Waals surface area contributed by atoms with Crippen LogP contribution in [-0.4, -0.2) is 13.1 Å². The number of hydrogen-bond acceptors (Lipinski definition) is 1. The van der Waals surface area contributed by atoms with E-state index in [2.05, 4.69) is 49.9 Å². The number of hydrogen-bond donors (Lipinski definition) is 0. The number of nitrogens with zero attached hydrogens (tertiary/aromatic N) is 1. The second-order valence-electron chi connectivity index (χ2n) is 6.82. The van der Waals surface area contributed by atoms with Crippen molar-refractivity contribution >= 4 is 5.69 Å². The fraction of sp³-hybridized carbons (Fsp3) is 0.684. The van der Waals surface area contributed by atoms with Gasteiger partial charge in [0, 0.05) is 18.8 Å². The lowest BCUT2D eigenvalue weighted by Crippen LogP contribution is -2.33. The van der Waals surface area contributed by atoms with Gasteiger partial charge in [-0.2, -0.15) is 0 Å². The van der Waals surface area contributed by atoms with E-state index in [0.717, 1.165) is 11.8 Å². The van der Waals surface area contributed by atoms with Crippen molar-refractivity contribution in [3.63, 3.8) is 0 Å². The first-order valence-corrected chi connectivity index (χ1v) is 8.53. The van der Waals surface area contributed by atoms with E-state index in [9.17, 15) is 0 Å². The SMILES string of the molecule is CCCc1ccc(N2CCC(CCC(C)C)CC2)cc1. The van der Waals surface area contributed by atoms with Crippen LogP contribution in [-0.2, 0) is 6.42 Å². The molecule has 0 amide bonds. The van der Waals surface area contributed by atoms with Crippen LogP contribution in [0.5, 0.6) is 0 Å². The van der Waals surface area contributed by atoms with Gasteiger partial charge >= 0.3 is 0 Å². The first-order valence-electron chi connectivity index (χ1n) is 8.53. The smallest absolute Gasteiger partial charge is 0.0366 e. The highest BCUT2D eigenvalue weighted by Crippen LogP contribution is 2.27. The molecule has 1 aliphatic rings. The highest BCUT2D eigenvalue weighted by atomic mass is 15.1. The molecule has 1 heterocycles. The minimum Gasteiger partial charge on any atom is -0.372 e. The molecule has 0 radical (unpaired) electrons. The van der Waals surface area contributed by atoms with Crippen molar-refractivity contribution in [3.8, 4) is 0 Å². The molecule has 2 rings (SSSR count). The van der Waals surface area contributed by atoms with Gasteiger partial charge in [0.15, 0.2) is 0 Å². The van der Waals surface area contributed by atoms with Gasteiger partial charge in [0.1, 0.15) is 0 Å². The van der Waals surface area contributed by atoms with Gasteiger partial charge in [0.25, 0.3) is 0 Å². The van der Waals surface area contributed by atoms with Crippen LogP contribution in [0.15, 0.2) is 24.3 Å². The molecule has 1 fully saturated rings. The van der Waals surface area contributed by atoms with Gasteiger partial charge < -0.3 is 4.90 Å². The Hall–Kier alpha value is -0.980. The van der Waals surface area contributed by atoms with Crippen LogP contribution < -0.4 is 4.90 Å². The van der Waals surface area contributed by atoms with Crippen molar-refractivity contribution in [1.82, 2.24) is 0 Å². The topological polar surface area (TPSA) is 3.24 Å². The number of benzene rings is 1. The molecule has 0 N–H and O–H groups in total. The van der Waals surface area contributed by atoms with Gasteiger partial charge in [0.2, 0.25) is 0 Å². The summed E-state index contributed by atoms with van der Waals surface area (Å²) in [5.74, 6) is 1.83. The normalized spacial score (nSPS) is 16.9. The monoisotopic (exact) mass is 273 g/mol. The summed E-state index contributed by atoms with van der Waals surface area (Å²) in [5.41, 5.74) is 2.90. The summed E-state index contributed by atoms with van der Waals surface area (Å²) in [6.07, 6.45) is 8.03. The molecule has 0 unspecified atom stereocenters. The summed E-state index contributed by atoms with van der Waals surface area (Å²) >= 11 is 0. The Morgan fingerprint density at radius 2 is 1.75 bits per heavy atom. The van der Waals surface area contributed by atoms with Gasteiger partial charge in [-0.25, -0.2) is 0 Å². The van der Waals surface area contributed by atoms with Gasteiger partial charge in [-0.05, 0) is 48.8 Å². The molecule has 0 aliphatic carbocycles. The van der Waals surface area contributed by atoms with E-state index in [0.29, 0.717) is 0 Å². The molecular formula is C19H31N. The largest absolute Gasteiger partial charge is 0.372 e. The first-order chi connectivity index (χ1) is 9.69. The highest BCUT2D eigenvalue weighted by Gasteiger charge is 2.19. The maximum Gasteiger partial charge on any atom is 0.0366 e. The molecular weight excluding hydrogens is 242 g/mol. The summed E-state index contributed by atoms with van der Waals surface area (Å²) in [6.45, 7) is 9.42. The maximum atomic E-state index is 2.57. The van der Waals surface area contributed by atoms with Gasteiger partial charge in [-0.3, -0.25) is 0 Å². The molecule has 0 aromatic heterocycles. The van der Waals surface area contributed by atoms with Crippen LogP contribution in [0.2, 0.25) is 0 Å². The van der Waals surface area contributed by atoms with E-state index in [1.54, 1.807) is 0 Å². The molecule has 112 valence electrons. The second kappa shape index (κ2) is 7.71. The third-order valence-electron chi connectivity index (χ3n) is 4.61. The lowest BCUT2D eigenvalue weighted by atomic mass is 9.89. The third kappa shape index (κ3) is 4.54. The van der Waals surface area contributed by atoms with Crippen molar-refractivity contribution in [2.24, 2.45) is 11.8 Å². The maximum absolute atomic E-state index is 2.57. The van der Waals surface area contributed by atoms with Gasteiger partial charge in [-0.15, -0.1) is 0 Å². The number of aryl methyl sites for hydroxylation is 1. The fourth-order valence-corrected chi connectivity index (χ4v) is 3.21. The van der Waals surface area contributed by atoms with Crippen LogP contribution in [0.1, 0.15) is 58.4 Å². The molecule has 0 saturated carbocycles. The van der Waals surface area contributed by atoms with Crippen molar-refractivity contribution < 1.29 is 0 Å². The Labute approximate surface area is 125 Å². The van der Waals surface area contributed by atoms with Crippen LogP contribution in [0.25, 0.3) is 0 Å². The predicted molar refractivity (Wildman–Crippen MR) is 89.4 cm³/mol. The zero-order valence-electron chi connectivity index (χ0n) is 13.6. The van der Waals surface area contributed by atoms with E-state index in [1.807, 2.05) is 0 Å². The molecule has 20 heavy (non-hydrogen) atoms. The molecule has 1 aromatic rings. The molecule has 0 spiro atoms. The molecule has 1 heteroatoms. The first kappa shape index (κ1) is 15.4.